The number of hydrogen-bond acceptors (Lipinski definition) is 2. The van der Waals surface area contributed by atoms with Crippen molar-refractivity contribution in [3.8, 4) is 0 Å². The molecule has 2 amide bonds. The quantitative estimate of drug-likeness (QED) is 0.637. The van der Waals surface area contributed by atoms with Crippen molar-refractivity contribution in [3.05, 3.63) is 63.6 Å². The van der Waals surface area contributed by atoms with E-state index in [1.165, 1.54) is 21.6 Å². The molecule has 3 nitrogen and oxygen atoms in total. The molecule has 0 aromatic heterocycles. The highest BCUT2D eigenvalue weighted by molar-refractivity contribution is 9.10. The van der Waals surface area contributed by atoms with Crippen LogP contribution in [-0.2, 0) is 9.59 Å². The van der Waals surface area contributed by atoms with Gasteiger partial charge in [0, 0.05) is 4.47 Å². The number of hydrogen-bond donors (Lipinski definition) is 0. The largest absolute Gasteiger partial charge is 0.274 e. The van der Waals surface area contributed by atoms with Crippen molar-refractivity contribution < 1.29 is 9.59 Å². The first-order valence-corrected chi connectivity index (χ1v) is 10.5. The van der Waals surface area contributed by atoms with Crippen LogP contribution in [0.2, 0.25) is 0 Å². The fourth-order valence-electron chi connectivity index (χ4n) is 5.82. The minimum absolute atomic E-state index is 0.00910. The van der Waals surface area contributed by atoms with Crippen molar-refractivity contribution >= 4 is 33.4 Å². The number of amides is 2. The summed E-state index contributed by atoms with van der Waals surface area (Å²) in [5, 5.41) is 0. The molecule has 2 aromatic rings. The lowest BCUT2D eigenvalue weighted by molar-refractivity contribution is -0.123. The molecule has 0 radical (unpaired) electrons. The van der Waals surface area contributed by atoms with E-state index in [0.717, 1.165) is 17.3 Å². The van der Waals surface area contributed by atoms with Gasteiger partial charge < -0.3 is 0 Å². The molecule has 0 N–H and O–H groups in total. The molecule has 1 heterocycles. The van der Waals surface area contributed by atoms with Crippen LogP contribution < -0.4 is 4.90 Å². The SMILES string of the molecule is Cc1ccc(C)c([C@@H]2C[C@H]3C[C@H]2[C@@H]2C(=O)N(c4ccc(Br)cc4)C(=O)[C@H]32)c1. The van der Waals surface area contributed by atoms with Crippen LogP contribution in [0, 0.1) is 37.5 Å². The summed E-state index contributed by atoms with van der Waals surface area (Å²) in [6.07, 6.45) is 2.04. The second-order valence-corrected chi connectivity index (χ2v) is 9.32. The van der Waals surface area contributed by atoms with Crippen molar-refractivity contribution in [3.63, 3.8) is 0 Å². The van der Waals surface area contributed by atoms with E-state index >= 15 is 0 Å². The molecule has 2 aromatic carbocycles. The average Bonchev–Trinajstić information content (AvgIpc) is 3.30. The summed E-state index contributed by atoms with van der Waals surface area (Å²) in [6.45, 7) is 4.28. The summed E-state index contributed by atoms with van der Waals surface area (Å²) in [4.78, 5) is 27.9. The van der Waals surface area contributed by atoms with Crippen molar-refractivity contribution in [1.29, 1.82) is 0 Å². The van der Waals surface area contributed by atoms with Gasteiger partial charge in [-0.25, -0.2) is 0 Å². The van der Waals surface area contributed by atoms with Crippen LogP contribution in [-0.4, -0.2) is 11.8 Å². The zero-order chi connectivity index (χ0) is 18.9. The molecule has 4 heteroatoms. The summed E-state index contributed by atoms with van der Waals surface area (Å²) in [7, 11) is 0. The fraction of sp³-hybridized carbons (Fsp3) is 0.391. The van der Waals surface area contributed by atoms with Crippen LogP contribution in [0.1, 0.15) is 35.4 Å². The van der Waals surface area contributed by atoms with Gasteiger partial charge in [0.15, 0.2) is 0 Å². The zero-order valence-corrected chi connectivity index (χ0v) is 17.1. The summed E-state index contributed by atoms with van der Waals surface area (Å²) in [5.41, 5.74) is 4.64. The van der Waals surface area contributed by atoms with Gasteiger partial charge in [-0.1, -0.05) is 39.7 Å². The van der Waals surface area contributed by atoms with Gasteiger partial charge in [-0.05, 0) is 79.8 Å². The van der Waals surface area contributed by atoms with Gasteiger partial charge in [0.1, 0.15) is 0 Å². The van der Waals surface area contributed by atoms with E-state index in [4.69, 9.17) is 0 Å². The van der Waals surface area contributed by atoms with E-state index in [-0.39, 0.29) is 29.6 Å². The minimum Gasteiger partial charge on any atom is -0.274 e. The molecule has 2 saturated carbocycles. The number of imide groups is 1. The molecule has 1 aliphatic heterocycles. The third kappa shape index (κ3) is 2.46. The Morgan fingerprint density at radius 2 is 1.63 bits per heavy atom. The van der Waals surface area contributed by atoms with Gasteiger partial charge >= 0.3 is 0 Å². The van der Waals surface area contributed by atoms with Crippen LogP contribution in [0.4, 0.5) is 5.69 Å². The van der Waals surface area contributed by atoms with E-state index in [1.54, 1.807) is 0 Å². The topological polar surface area (TPSA) is 37.4 Å². The smallest absolute Gasteiger partial charge is 0.237 e. The lowest BCUT2D eigenvalue weighted by Gasteiger charge is -2.30. The molecular formula is C23H22BrNO2. The highest BCUT2D eigenvalue weighted by Crippen LogP contribution is 2.62. The number of carbonyl (C=O) groups is 2. The third-order valence-corrected chi connectivity index (χ3v) is 7.46. The second-order valence-electron chi connectivity index (χ2n) is 8.40. The first-order chi connectivity index (χ1) is 13.0. The maximum absolute atomic E-state index is 13.3. The molecule has 0 unspecified atom stereocenters. The highest BCUT2D eigenvalue weighted by atomic mass is 79.9. The number of fused-ring (bicyclic) bond motifs is 5. The van der Waals surface area contributed by atoms with Gasteiger partial charge in [-0.3, -0.25) is 14.5 Å². The Morgan fingerprint density at radius 3 is 2.37 bits per heavy atom. The van der Waals surface area contributed by atoms with E-state index < -0.39 is 0 Å². The highest BCUT2D eigenvalue weighted by Gasteiger charge is 2.64. The van der Waals surface area contributed by atoms with Gasteiger partial charge in [0.25, 0.3) is 0 Å². The van der Waals surface area contributed by atoms with E-state index in [0.29, 0.717) is 17.5 Å². The predicted molar refractivity (Wildman–Crippen MR) is 108 cm³/mol. The fourth-order valence-corrected chi connectivity index (χ4v) is 6.09. The van der Waals surface area contributed by atoms with Crippen molar-refractivity contribution in [2.45, 2.75) is 32.6 Å². The number of aryl methyl sites for hydroxylation is 2. The van der Waals surface area contributed by atoms with Crippen LogP contribution >= 0.6 is 15.9 Å². The number of benzene rings is 2. The van der Waals surface area contributed by atoms with E-state index in [9.17, 15) is 9.59 Å². The lowest BCUT2D eigenvalue weighted by atomic mass is 9.72. The summed E-state index contributed by atoms with van der Waals surface area (Å²) in [5.74, 6) is 0.781. The molecular weight excluding hydrogens is 402 g/mol. The molecule has 2 bridgehead atoms. The molecule has 1 saturated heterocycles. The van der Waals surface area contributed by atoms with Gasteiger partial charge in [0.05, 0.1) is 17.5 Å². The van der Waals surface area contributed by atoms with Gasteiger partial charge in [-0.15, -0.1) is 0 Å². The van der Waals surface area contributed by atoms with Crippen molar-refractivity contribution in [2.24, 2.45) is 23.7 Å². The van der Waals surface area contributed by atoms with Gasteiger partial charge in [-0.2, -0.15) is 0 Å². The van der Waals surface area contributed by atoms with Crippen LogP contribution in [0.25, 0.3) is 0 Å². The Bertz CT molecular complexity index is 951. The maximum atomic E-state index is 13.3. The Balaban J connectivity index is 1.50. The zero-order valence-electron chi connectivity index (χ0n) is 15.5. The lowest BCUT2D eigenvalue weighted by Crippen LogP contribution is -2.32. The molecule has 3 aliphatic rings. The van der Waals surface area contributed by atoms with E-state index in [1.807, 2.05) is 24.3 Å². The second kappa shape index (κ2) is 6.03. The average molecular weight is 424 g/mol. The first kappa shape index (κ1) is 17.2. The standard InChI is InChI=1S/C23H22BrNO2/c1-12-3-4-13(2)17(9-12)18-10-14-11-19(18)21-20(14)22(26)25(23(21)27)16-7-5-15(24)6-8-16/h3-9,14,18-21H,10-11H2,1-2H3/t14-,18-,19+,20+,21-/m0/s1. The summed E-state index contributed by atoms with van der Waals surface area (Å²) in [6, 6.07) is 14.1. The summed E-state index contributed by atoms with van der Waals surface area (Å²) >= 11 is 3.42. The molecule has 5 rings (SSSR count). The van der Waals surface area contributed by atoms with Gasteiger partial charge in [0.2, 0.25) is 11.8 Å². The monoisotopic (exact) mass is 423 g/mol. The van der Waals surface area contributed by atoms with Crippen LogP contribution in [0.3, 0.4) is 0 Å². The number of anilines is 1. The summed E-state index contributed by atoms with van der Waals surface area (Å²) < 4.78 is 0.945. The normalized spacial score (nSPS) is 31.7. The van der Waals surface area contributed by atoms with Crippen molar-refractivity contribution in [1.82, 2.24) is 0 Å². The van der Waals surface area contributed by atoms with Crippen molar-refractivity contribution in [2.75, 3.05) is 4.90 Å². The van der Waals surface area contributed by atoms with E-state index in [2.05, 4.69) is 48.0 Å². The molecule has 27 heavy (non-hydrogen) atoms. The number of halogens is 1. The van der Waals surface area contributed by atoms with Crippen LogP contribution in [0.15, 0.2) is 46.9 Å². The molecule has 5 atom stereocenters. The van der Waals surface area contributed by atoms with Crippen LogP contribution in [0.5, 0.6) is 0 Å². The Hall–Kier alpha value is -1.94. The minimum atomic E-state index is -0.148. The third-order valence-electron chi connectivity index (χ3n) is 6.93. The predicted octanol–water partition coefficient (Wildman–Crippen LogP) is 5.00. The Kier molecular flexibility index (Phi) is 3.84. The Morgan fingerprint density at radius 1 is 0.926 bits per heavy atom. The maximum Gasteiger partial charge on any atom is 0.237 e. The first-order valence-electron chi connectivity index (χ1n) is 9.66. The molecule has 3 fully saturated rings. The molecule has 2 aliphatic carbocycles. The number of carbonyl (C=O) groups excluding carboxylic acids is 2. The number of nitrogens with zero attached hydrogens (tertiary/aromatic N) is 1. The number of rotatable bonds is 2. The molecule has 138 valence electrons. The Labute approximate surface area is 167 Å². The molecule has 0 spiro atoms.